The van der Waals surface area contributed by atoms with E-state index in [1.807, 2.05) is 19.9 Å². The van der Waals surface area contributed by atoms with Crippen molar-refractivity contribution in [1.29, 1.82) is 5.26 Å². The van der Waals surface area contributed by atoms with Gasteiger partial charge in [0.15, 0.2) is 0 Å². The van der Waals surface area contributed by atoms with E-state index in [1.54, 1.807) is 30.5 Å². The van der Waals surface area contributed by atoms with Gasteiger partial charge in [-0.15, -0.1) is 0 Å². The Labute approximate surface area is 158 Å². The molecule has 0 saturated heterocycles. The van der Waals surface area contributed by atoms with E-state index in [-0.39, 0.29) is 17.2 Å². The Morgan fingerprint density at radius 1 is 1.35 bits per heavy atom. The van der Waals surface area contributed by atoms with Crippen molar-refractivity contribution in [2.75, 3.05) is 5.32 Å². The van der Waals surface area contributed by atoms with Gasteiger partial charge in [0, 0.05) is 23.2 Å². The monoisotopic (exact) mass is 413 g/mol. The molecule has 1 N–H and O–H groups in total. The van der Waals surface area contributed by atoms with Gasteiger partial charge in [-0.25, -0.2) is 0 Å². The first-order valence-electron chi connectivity index (χ1n) is 7.87. The zero-order valence-corrected chi connectivity index (χ0v) is 16.0. The smallest absolute Gasteiger partial charge is 0.278 e. The number of hydrogen-bond donors (Lipinski definition) is 1. The Kier molecular flexibility index (Phi) is 4.46. The summed E-state index contributed by atoms with van der Waals surface area (Å²) in [5.74, 6) is 0.250. The Bertz CT molecular complexity index is 1040. The number of nitriles is 1. The van der Waals surface area contributed by atoms with Crippen LogP contribution in [0.1, 0.15) is 31.9 Å². The van der Waals surface area contributed by atoms with Crippen LogP contribution in [0.15, 0.2) is 45.8 Å². The molecule has 1 aliphatic rings. The quantitative estimate of drug-likeness (QED) is 0.816. The van der Waals surface area contributed by atoms with Crippen molar-refractivity contribution >= 4 is 33.2 Å². The van der Waals surface area contributed by atoms with E-state index in [4.69, 9.17) is 4.74 Å². The molecule has 6 nitrogen and oxygen atoms in total. The summed E-state index contributed by atoms with van der Waals surface area (Å²) in [4.78, 5) is 24.3. The molecule has 0 aliphatic carbocycles. The van der Waals surface area contributed by atoms with Gasteiger partial charge in [0.1, 0.15) is 17.0 Å². The van der Waals surface area contributed by atoms with Crippen LogP contribution in [0.2, 0.25) is 0 Å². The zero-order chi connectivity index (χ0) is 19.1. The number of hydrogen-bond acceptors (Lipinski definition) is 4. The summed E-state index contributed by atoms with van der Waals surface area (Å²) in [6.07, 6.45) is 3.45. The fraction of sp³-hybridized carbons (Fsp3) is 0.211. The average molecular weight is 414 g/mol. The second-order valence-electron chi connectivity index (χ2n) is 6.49. The highest BCUT2D eigenvalue weighted by Gasteiger charge is 2.28. The molecule has 0 spiro atoms. The van der Waals surface area contributed by atoms with E-state index in [1.165, 1.54) is 11.5 Å². The number of benzene rings is 1. The van der Waals surface area contributed by atoms with Crippen LogP contribution in [0, 0.1) is 11.3 Å². The van der Waals surface area contributed by atoms with E-state index < -0.39 is 5.60 Å². The number of fused-ring (bicyclic) bond motifs is 1. The molecule has 1 aromatic carbocycles. The molecule has 2 heterocycles. The second kappa shape index (κ2) is 6.46. The highest BCUT2D eigenvalue weighted by Crippen LogP contribution is 2.37. The minimum absolute atomic E-state index is 0.162. The normalized spacial score (nSPS) is 14.5. The molecule has 26 heavy (non-hydrogen) atoms. The lowest BCUT2D eigenvalue weighted by Gasteiger charge is -2.31. The molecule has 0 fully saturated rings. The Morgan fingerprint density at radius 3 is 2.73 bits per heavy atom. The van der Waals surface area contributed by atoms with Crippen LogP contribution < -0.4 is 15.6 Å². The van der Waals surface area contributed by atoms with E-state index in [2.05, 4.69) is 27.3 Å². The number of nitrogens with one attached hydrogen (secondary N) is 1. The van der Waals surface area contributed by atoms with Gasteiger partial charge in [-0.05, 0) is 60.1 Å². The number of carbonyl (C=O) groups excluding carboxylic acids is 1. The van der Waals surface area contributed by atoms with Crippen molar-refractivity contribution in [3.63, 3.8) is 0 Å². The van der Waals surface area contributed by atoms with Crippen molar-refractivity contribution in [3.05, 3.63) is 62.5 Å². The highest BCUT2D eigenvalue weighted by atomic mass is 79.9. The minimum Gasteiger partial charge on any atom is -0.483 e. The first-order valence-corrected chi connectivity index (χ1v) is 8.66. The van der Waals surface area contributed by atoms with Crippen LogP contribution in [0.5, 0.6) is 5.75 Å². The molecule has 0 bridgehead atoms. The molecular formula is C19H16BrN3O3. The summed E-state index contributed by atoms with van der Waals surface area (Å²) in [7, 11) is 0. The van der Waals surface area contributed by atoms with Crippen LogP contribution in [0.4, 0.5) is 5.69 Å². The van der Waals surface area contributed by atoms with Crippen molar-refractivity contribution in [1.82, 2.24) is 4.57 Å². The molecule has 2 aromatic rings. The van der Waals surface area contributed by atoms with E-state index in [0.717, 1.165) is 0 Å². The highest BCUT2D eigenvalue weighted by molar-refractivity contribution is 9.10. The molecule has 1 amide bonds. The van der Waals surface area contributed by atoms with Crippen molar-refractivity contribution < 1.29 is 9.53 Å². The Balaban J connectivity index is 2.28. The lowest BCUT2D eigenvalue weighted by molar-refractivity contribution is -0.114. The molecule has 0 saturated carbocycles. The number of aromatic nitrogens is 1. The van der Waals surface area contributed by atoms with Gasteiger partial charge in [0.05, 0.1) is 17.3 Å². The van der Waals surface area contributed by atoms with Crippen LogP contribution in [-0.2, 0) is 4.79 Å². The van der Waals surface area contributed by atoms with Crippen LogP contribution >= 0.6 is 15.9 Å². The van der Waals surface area contributed by atoms with Gasteiger partial charge in [-0.2, -0.15) is 5.26 Å². The van der Waals surface area contributed by atoms with Gasteiger partial charge in [0.2, 0.25) is 5.91 Å². The SMILES string of the molecule is CC(=O)Nc1cc(Br)cn(C2=CC(C)(C)Oc3ccc(C#N)cc32)c1=O. The van der Waals surface area contributed by atoms with Crippen LogP contribution in [-0.4, -0.2) is 16.1 Å². The number of anilines is 1. The van der Waals surface area contributed by atoms with Gasteiger partial charge < -0.3 is 10.1 Å². The van der Waals surface area contributed by atoms with E-state index in [9.17, 15) is 14.9 Å². The number of rotatable bonds is 2. The molecule has 3 rings (SSSR count). The summed E-state index contributed by atoms with van der Waals surface area (Å²) in [5.41, 5.74) is 0.828. The van der Waals surface area contributed by atoms with Crippen LogP contribution in [0.25, 0.3) is 5.70 Å². The maximum Gasteiger partial charge on any atom is 0.278 e. The lowest BCUT2D eigenvalue weighted by atomic mass is 9.97. The van der Waals surface area contributed by atoms with Crippen LogP contribution in [0.3, 0.4) is 0 Å². The first kappa shape index (κ1) is 18.0. The largest absolute Gasteiger partial charge is 0.483 e. The summed E-state index contributed by atoms with van der Waals surface area (Å²) < 4.78 is 8.03. The van der Waals surface area contributed by atoms with Gasteiger partial charge in [0.25, 0.3) is 5.56 Å². The molecule has 0 atom stereocenters. The van der Waals surface area contributed by atoms with E-state index in [0.29, 0.717) is 27.0 Å². The van der Waals surface area contributed by atoms with Crippen molar-refractivity contribution in [2.45, 2.75) is 26.4 Å². The molecule has 1 aliphatic heterocycles. The maximum absolute atomic E-state index is 12.9. The van der Waals surface area contributed by atoms with Gasteiger partial charge >= 0.3 is 0 Å². The van der Waals surface area contributed by atoms with Crippen molar-refractivity contribution in [2.24, 2.45) is 0 Å². The number of amides is 1. The summed E-state index contributed by atoms with van der Waals surface area (Å²) in [6, 6.07) is 8.73. The lowest BCUT2D eigenvalue weighted by Crippen LogP contribution is -2.33. The molecule has 1 aromatic heterocycles. The summed E-state index contributed by atoms with van der Waals surface area (Å²) in [5, 5.41) is 11.8. The number of halogens is 1. The third-order valence-electron chi connectivity index (χ3n) is 3.80. The molecule has 0 unspecified atom stereocenters. The molecular weight excluding hydrogens is 398 g/mol. The third kappa shape index (κ3) is 3.41. The Morgan fingerprint density at radius 2 is 2.08 bits per heavy atom. The number of pyridine rings is 1. The fourth-order valence-electron chi connectivity index (χ4n) is 2.81. The summed E-state index contributed by atoms with van der Waals surface area (Å²) in [6.45, 7) is 5.10. The predicted molar refractivity (Wildman–Crippen MR) is 102 cm³/mol. The number of ether oxygens (including phenoxy) is 1. The van der Waals surface area contributed by atoms with Crippen molar-refractivity contribution in [3.8, 4) is 11.8 Å². The first-order chi connectivity index (χ1) is 12.2. The second-order valence-corrected chi connectivity index (χ2v) is 7.40. The topological polar surface area (TPSA) is 84.1 Å². The molecule has 0 radical (unpaired) electrons. The number of carbonyl (C=O) groups is 1. The zero-order valence-electron chi connectivity index (χ0n) is 14.5. The third-order valence-corrected chi connectivity index (χ3v) is 4.23. The predicted octanol–water partition coefficient (Wildman–Crippen LogP) is 3.50. The molecule has 7 heteroatoms. The van der Waals surface area contributed by atoms with Gasteiger partial charge in [-0.1, -0.05) is 0 Å². The Hall–Kier alpha value is -2.85. The summed E-state index contributed by atoms with van der Waals surface area (Å²) >= 11 is 3.38. The fourth-order valence-corrected chi connectivity index (χ4v) is 3.25. The van der Waals surface area contributed by atoms with E-state index >= 15 is 0 Å². The standard InChI is InChI=1S/C19H16BrN3O3/c1-11(24)22-15-7-13(20)10-23(18(15)25)16-8-19(2,3)26-17-5-4-12(9-21)6-14(16)17/h4-8,10H,1-3H3,(H,22,24). The minimum atomic E-state index is -0.646. The number of nitrogens with zero attached hydrogens (tertiary/aromatic N) is 2. The van der Waals surface area contributed by atoms with Gasteiger partial charge in [-0.3, -0.25) is 14.2 Å². The maximum atomic E-state index is 12.9. The molecule has 132 valence electrons. The average Bonchev–Trinajstić information content (AvgIpc) is 2.55.